The first-order valence-corrected chi connectivity index (χ1v) is 13.8. The van der Waals surface area contributed by atoms with Crippen LogP contribution in [0.25, 0.3) is 0 Å². The van der Waals surface area contributed by atoms with Gasteiger partial charge in [0.05, 0.1) is 36.9 Å². The Hall–Kier alpha value is -2.17. The zero-order valence-corrected chi connectivity index (χ0v) is 21.0. The standard InChI is InChI=1S/C23H31ClN4O5S/c1-15(2)16-3-8-21(26-11-16)33-18-6-4-17(5-7-18)28-23(29)22(24)20(13-27-28)25-12-19-14-32-9-10-34(19,30)31/h3,8,11,13,15,17-19,25H,4-7,9-10,12,14H2,1-2H3/t17-,18-,19-/m1/s1. The number of rotatable bonds is 7. The summed E-state index contributed by atoms with van der Waals surface area (Å²) >= 11 is 6.33. The van der Waals surface area contributed by atoms with E-state index in [2.05, 4.69) is 29.2 Å². The molecule has 1 atom stereocenters. The Balaban J connectivity index is 1.34. The van der Waals surface area contributed by atoms with Crippen LogP contribution in [0.4, 0.5) is 5.69 Å². The molecule has 1 saturated heterocycles. The van der Waals surface area contributed by atoms with Gasteiger partial charge in [0.25, 0.3) is 5.56 Å². The molecular weight excluding hydrogens is 480 g/mol. The number of nitrogens with one attached hydrogen (secondary N) is 1. The Labute approximate surface area is 204 Å². The fourth-order valence-electron chi connectivity index (χ4n) is 4.28. The number of hydrogen-bond donors (Lipinski definition) is 1. The second kappa shape index (κ2) is 10.6. The molecule has 1 N–H and O–H groups in total. The highest BCUT2D eigenvalue weighted by Gasteiger charge is 2.30. The topological polar surface area (TPSA) is 112 Å². The molecule has 2 aliphatic rings. The molecule has 4 rings (SSSR count). The van der Waals surface area contributed by atoms with Crippen molar-refractivity contribution < 1.29 is 17.9 Å². The third-order valence-electron chi connectivity index (χ3n) is 6.49. The van der Waals surface area contributed by atoms with Crippen LogP contribution >= 0.6 is 11.6 Å². The third-order valence-corrected chi connectivity index (χ3v) is 8.91. The molecule has 9 nitrogen and oxygen atoms in total. The Kier molecular flexibility index (Phi) is 7.79. The number of pyridine rings is 1. The van der Waals surface area contributed by atoms with E-state index in [9.17, 15) is 13.2 Å². The molecule has 0 bridgehead atoms. The zero-order chi connectivity index (χ0) is 24.3. The third kappa shape index (κ3) is 5.72. The van der Waals surface area contributed by atoms with Gasteiger partial charge in [-0.05, 0) is 37.2 Å². The van der Waals surface area contributed by atoms with E-state index >= 15 is 0 Å². The van der Waals surface area contributed by atoms with Crippen LogP contribution in [0, 0.1) is 0 Å². The minimum Gasteiger partial charge on any atom is -0.474 e. The van der Waals surface area contributed by atoms with Crippen LogP contribution in [0.1, 0.15) is 57.1 Å². The molecule has 1 saturated carbocycles. The largest absolute Gasteiger partial charge is 0.474 e. The van der Waals surface area contributed by atoms with Gasteiger partial charge in [0.2, 0.25) is 5.88 Å². The second-order valence-corrected chi connectivity index (χ2v) is 12.0. The zero-order valence-electron chi connectivity index (χ0n) is 19.4. The monoisotopic (exact) mass is 510 g/mol. The Morgan fingerprint density at radius 3 is 2.65 bits per heavy atom. The van der Waals surface area contributed by atoms with Gasteiger partial charge < -0.3 is 14.8 Å². The van der Waals surface area contributed by atoms with Gasteiger partial charge in [0.1, 0.15) is 16.4 Å². The smallest absolute Gasteiger partial charge is 0.287 e. The highest BCUT2D eigenvalue weighted by Crippen LogP contribution is 2.30. The lowest BCUT2D eigenvalue weighted by atomic mass is 9.93. The molecule has 0 aromatic carbocycles. The molecule has 186 valence electrons. The van der Waals surface area contributed by atoms with Crippen molar-refractivity contribution in [3.63, 3.8) is 0 Å². The van der Waals surface area contributed by atoms with Crippen LogP contribution in [0.3, 0.4) is 0 Å². The van der Waals surface area contributed by atoms with E-state index in [4.69, 9.17) is 21.1 Å². The number of nitrogens with zero attached hydrogens (tertiary/aromatic N) is 3. The van der Waals surface area contributed by atoms with E-state index in [1.807, 2.05) is 18.3 Å². The van der Waals surface area contributed by atoms with E-state index in [0.717, 1.165) is 25.7 Å². The Morgan fingerprint density at radius 1 is 1.24 bits per heavy atom. The maximum atomic E-state index is 12.9. The molecule has 11 heteroatoms. The van der Waals surface area contributed by atoms with Crippen molar-refractivity contribution in [3.05, 3.63) is 45.5 Å². The minimum atomic E-state index is -3.23. The number of halogens is 1. The lowest BCUT2D eigenvalue weighted by Gasteiger charge is -2.29. The van der Waals surface area contributed by atoms with Gasteiger partial charge in [-0.25, -0.2) is 18.1 Å². The first kappa shape index (κ1) is 24.9. The average molecular weight is 511 g/mol. The number of ether oxygens (including phenoxy) is 2. The summed E-state index contributed by atoms with van der Waals surface area (Å²) < 4.78 is 37.0. The van der Waals surface area contributed by atoms with Gasteiger partial charge in [-0.2, -0.15) is 5.10 Å². The number of sulfone groups is 1. The van der Waals surface area contributed by atoms with E-state index in [-0.39, 0.29) is 48.2 Å². The molecule has 0 amide bonds. The van der Waals surface area contributed by atoms with Gasteiger partial charge in [-0.3, -0.25) is 4.79 Å². The van der Waals surface area contributed by atoms with Gasteiger partial charge in [0, 0.05) is 18.8 Å². The molecule has 1 aliphatic heterocycles. The van der Waals surface area contributed by atoms with Crippen LogP contribution in [0.15, 0.2) is 29.3 Å². The summed E-state index contributed by atoms with van der Waals surface area (Å²) in [5, 5.41) is 6.62. The summed E-state index contributed by atoms with van der Waals surface area (Å²) in [7, 11) is -3.23. The fourth-order valence-corrected chi connectivity index (χ4v) is 5.81. The molecule has 0 spiro atoms. The van der Waals surface area contributed by atoms with Gasteiger partial charge >= 0.3 is 0 Å². The second-order valence-electron chi connectivity index (χ2n) is 9.20. The fraction of sp³-hybridized carbons (Fsp3) is 0.609. The lowest BCUT2D eigenvalue weighted by molar-refractivity contribution is 0.123. The van der Waals surface area contributed by atoms with Crippen molar-refractivity contribution in [2.75, 3.05) is 30.8 Å². The van der Waals surface area contributed by atoms with Crippen molar-refractivity contribution in [2.45, 2.75) is 62.8 Å². The van der Waals surface area contributed by atoms with Crippen molar-refractivity contribution >= 4 is 27.1 Å². The van der Waals surface area contributed by atoms with Crippen molar-refractivity contribution in [1.82, 2.24) is 14.8 Å². The summed E-state index contributed by atoms with van der Waals surface area (Å²) in [6, 6.07) is 3.88. The van der Waals surface area contributed by atoms with Crippen molar-refractivity contribution in [1.29, 1.82) is 0 Å². The Morgan fingerprint density at radius 2 is 2.00 bits per heavy atom. The van der Waals surface area contributed by atoms with Gasteiger partial charge in [-0.1, -0.05) is 31.5 Å². The number of hydrogen-bond acceptors (Lipinski definition) is 8. The van der Waals surface area contributed by atoms with Gasteiger partial charge in [0.15, 0.2) is 9.84 Å². The first-order chi connectivity index (χ1) is 16.2. The predicted molar refractivity (Wildman–Crippen MR) is 131 cm³/mol. The van der Waals surface area contributed by atoms with Crippen molar-refractivity contribution in [3.8, 4) is 5.88 Å². The number of aromatic nitrogens is 3. The minimum absolute atomic E-state index is 0.00136. The summed E-state index contributed by atoms with van der Waals surface area (Å²) in [5.74, 6) is 1.04. The molecule has 2 fully saturated rings. The SMILES string of the molecule is CC(C)c1ccc(O[C@H]2CC[C@H](n3ncc(NC[C@@H]4COCCS4(=O)=O)c(Cl)c3=O)CC2)nc1. The number of anilines is 1. The molecule has 3 heterocycles. The molecule has 2 aromatic rings. The van der Waals surface area contributed by atoms with E-state index in [0.29, 0.717) is 17.5 Å². The van der Waals surface area contributed by atoms with Crippen LogP contribution < -0.4 is 15.6 Å². The predicted octanol–water partition coefficient (Wildman–Crippen LogP) is 3.20. The van der Waals surface area contributed by atoms with Crippen LogP contribution in [-0.4, -0.2) is 60.0 Å². The summed E-state index contributed by atoms with van der Waals surface area (Å²) in [6.45, 7) is 4.70. The molecule has 1 aliphatic carbocycles. The van der Waals surface area contributed by atoms with Crippen LogP contribution in [-0.2, 0) is 14.6 Å². The quantitative estimate of drug-likeness (QED) is 0.604. The molecule has 34 heavy (non-hydrogen) atoms. The molecule has 2 aromatic heterocycles. The Bertz CT molecular complexity index is 1140. The maximum Gasteiger partial charge on any atom is 0.287 e. The highest BCUT2D eigenvalue weighted by molar-refractivity contribution is 7.92. The summed E-state index contributed by atoms with van der Waals surface area (Å²) in [6.07, 6.45) is 6.42. The first-order valence-electron chi connectivity index (χ1n) is 11.7. The van der Waals surface area contributed by atoms with E-state index in [1.54, 1.807) is 0 Å². The van der Waals surface area contributed by atoms with Crippen molar-refractivity contribution in [2.24, 2.45) is 0 Å². The molecule has 0 unspecified atom stereocenters. The molecular formula is C23H31ClN4O5S. The average Bonchev–Trinajstić information content (AvgIpc) is 2.82. The van der Waals surface area contributed by atoms with Crippen LogP contribution in [0.5, 0.6) is 5.88 Å². The lowest BCUT2D eigenvalue weighted by Crippen LogP contribution is -2.41. The van der Waals surface area contributed by atoms with Crippen LogP contribution in [0.2, 0.25) is 5.02 Å². The summed E-state index contributed by atoms with van der Waals surface area (Å²) in [4.78, 5) is 17.3. The van der Waals surface area contributed by atoms with E-state index in [1.165, 1.54) is 16.4 Å². The molecule has 0 radical (unpaired) electrons. The summed E-state index contributed by atoms with van der Waals surface area (Å²) in [5.41, 5.74) is 1.12. The van der Waals surface area contributed by atoms with E-state index < -0.39 is 15.1 Å². The normalized spacial score (nSPS) is 24.6. The highest BCUT2D eigenvalue weighted by atomic mass is 35.5. The van der Waals surface area contributed by atoms with Gasteiger partial charge in [-0.15, -0.1) is 0 Å². The maximum absolute atomic E-state index is 12.9.